The first-order valence-corrected chi connectivity index (χ1v) is 8.81. The molecule has 5 heteroatoms. The Kier molecular flexibility index (Phi) is 2.70. The van der Waals surface area contributed by atoms with Crippen molar-refractivity contribution < 1.29 is 14.3 Å². The van der Waals surface area contributed by atoms with Crippen LogP contribution in [0.1, 0.15) is 30.4 Å². The third kappa shape index (κ3) is 1.93. The summed E-state index contributed by atoms with van der Waals surface area (Å²) in [5, 5.41) is 2.87. The molecule has 4 aliphatic rings. The van der Waals surface area contributed by atoms with Gasteiger partial charge in [0.15, 0.2) is 0 Å². The van der Waals surface area contributed by atoms with Crippen molar-refractivity contribution in [1.29, 1.82) is 0 Å². The quantitative estimate of drug-likeness (QED) is 0.904. The molecule has 1 aromatic rings. The molecule has 2 saturated carbocycles. The van der Waals surface area contributed by atoms with Crippen molar-refractivity contribution in [3.8, 4) is 0 Å². The second-order valence-corrected chi connectivity index (χ2v) is 8.23. The Morgan fingerprint density at radius 1 is 1.25 bits per heavy atom. The number of nitrogens with one attached hydrogen (secondary N) is 1. The first-order chi connectivity index (χ1) is 11.5. The lowest BCUT2D eigenvalue weighted by Crippen LogP contribution is -2.58. The molecule has 2 heterocycles. The summed E-state index contributed by atoms with van der Waals surface area (Å²) >= 11 is 0. The maximum Gasteiger partial charge on any atom is 0.407 e. The molecule has 0 bridgehead atoms. The number of amides is 2. The molecule has 2 amide bonds. The highest BCUT2D eigenvalue weighted by Crippen LogP contribution is 2.59. The molecular weight excluding hydrogens is 304 g/mol. The van der Waals surface area contributed by atoms with E-state index in [4.69, 9.17) is 4.74 Å². The van der Waals surface area contributed by atoms with Gasteiger partial charge < -0.3 is 15.0 Å². The van der Waals surface area contributed by atoms with Gasteiger partial charge in [-0.15, -0.1) is 0 Å². The number of hydrogen-bond acceptors (Lipinski definition) is 3. The van der Waals surface area contributed by atoms with Crippen LogP contribution in [0.4, 0.5) is 4.79 Å². The van der Waals surface area contributed by atoms with Crippen molar-refractivity contribution in [1.82, 2.24) is 10.2 Å². The van der Waals surface area contributed by atoms with Gasteiger partial charge in [-0.1, -0.05) is 29.8 Å². The maximum absolute atomic E-state index is 12.8. The van der Waals surface area contributed by atoms with Crippen LogP contribution in [0.25, 0.3) is 0 Å². The van der Waals surface area contributed by atoms with Gasteiger partial charge in [-0.05, 0) is 37.7 Å². The predicted molar refractivity (Wildman–Crippen MR) is 87.5 cm³/mol. The number of rotatable bonds is 2. The van der Waals surface area contributed by atoms with Gasteiger partial charge in [0.2, 0.25) is 5.91 Å². The summed E-state index contributed by atoms with van der Waals surface area (Å²) in [6.45, 7) is 4.25. The number of fused-ring (bicyclic) bond motifs is 1. The number of hydrogen-bond donors (Lipinski definition) is 1. The zero-order valence-corrected chi connectivity index (χ0v) is 13.9. The van der Waals surface area contributed by atoms with Crippen molar-refractivity contribution in [3.05, 3.63) is 35.4 Å². The van der Waals surface area contributed by atoms with E-state index in [1.807, 2.05) is 0 Å². The Hall–Kier alpha value is -2.04. The van der Waals surface area contributed by atoms with Crippen molar-refractivity contribution in [3.63, 3.8) is 0 Å². The van der Waals surface area contributed by atoms with Gasteiger partial charge in [0.1, 0.15) is 6.61 Å². The van der Waals surface area contributed by atoms with Crippen molar-refractivity contribution in [2.45, 2.75) is 37.1 Å². The molecule has 1 spiro atoms. The average molecular weight is 326 g/mol. The number of carbonyl (C=O) groups excluding carboxylic acids is 2. The average Bonchev–Trinajstić information content (AvgIpc) is 2.90. The van der Waals surface area contributed by atoms with E-state index in [1.165, 1.54) is 17.5 Å². The fourth-order valence-corrected chi connectivity index (χ4v) is 5.01. The van der Waals surface area contributed by atoms with E-state index in [-0.39, 0.29) is 28.9 Å². The summed E-state index contributed by atoms with van der Waals surface area (Å²) in [4.78, 5) is 26.1. The summed E-state index contributed by atoms with van der Waals surface area (Å²) < 4.78 is 5.00. The lowest BCUT2D eigenvalue weighted by atomic mass is 9.68. The summed E-state index contributed by atoms with van der Waals surface area (Å²) in [7, 11) is 0. The minimum absolute atomic E-state index is 0.0413. The fraction of sp³-hybridized carbons (Fsp3) is 0.579. The molecule has 2 atom stereocenters. The Balaban J connectivity index is 1.25. The van der Waals surface area contributed by atoms with Gasteiger partial charge in [-0.25, -0.2) is 4.79 Å². The number of cyclic esters (lactones) is 1. The third-order valence-corrected chi connectivity index (χ3v) is 6.55. The number of alkyl carbamates (subject to hydrolysis) is 1. The van der Waals surface area contributed by atoms with Crippen molar-refractivity contribution >= 4 is 12.0 Å². The Morgan fingerprint density at radius 3 is 2.67 bits per heavy atom. The van der Waals surface area contributed by atoms with Gasteiger partial charge >= 0.3 is 6.09 Å². The second kappa shape index (κ2) is 4.52. The monoisotopic (exact) mass is 326 g/mol. The SMILES string of the molecule is Cc1ccc([C@]23C[C@H]2CN(C(=O)C2CC4(COC(=O)N4)C2)C3)cc1. The number of likely N-dealkylation sites (tertiary alicyclic amines) is 1. The molecule has 4 fully saturated rings. The topological polar surface area (TPSA) is 58.6 Å². The fourth-order valence-electron chi connectivity index (χ4n) is 5.01. The highest BCUT2D eigenvalue weighted by atomic mass is 16.6. The lowest BCUT2D eigenvalue weighted by Gasteiger charge is -2.43. The normalized spacial score (nSPS) is 39.2. The number of aryl methyl sites for hydroxylation is 1. The van der Waals surface area contributed by atoms with E-state index in [0.29, 0.717) is 12.5 Å². The highest BCUT2D eigenvalue weighted by Gasteiger charge is 2.63. The number of benzene rings is 1. The largest absolute Gasteiger partial charge is 0.447 e. The minimum atomic E-state index is -0.346. The van der Waals surface area contributed by atoms with Gasteiger partial charge in [-0.3, -0.25) is 4.79 Å². The van der Waals surface area contributed by atoms with Crippen molar-refractivity contribution in [2.75, 3.05) is 19.7 Å². The number of piperidine rings is 1. The number of ether oxygens (including phenoxy) is 1. The smallest absolute Gasteiger partial charge is 0.407 e. The maximum atomic E-state index is 12.8. The molecule has 0 radical (unpaired) electrons. The molecule has 2 aliphatic carbocycles. The zero-order valence-electron chi connectivity index (χ0n) is 13.9. The van der Waals surface area contributed by atoms with Crippen LogP contribution in [-0.2, 0) is 14.9 Å². The van der Waals surface area contributed by atoms with Crippen LogP contribution in [0.2, 0.25) is 0 Å². The Bertz CT molecular complexity index is 723. The third-order valence-electron chi connectivity index (χ3n) is 6.55. The van der Waals surface area contributed by atoms with Crippen LogP contribution in [0.3, 0.4) is 0 Å². The molecule has 0 unspecified atom stereocenters. The standard InChI is InChI=1S/C19H22N2O3/c1-12-2-4-14(5-3-12)19-8-15(19)9-21(10-19)16(22)13-6-18(7-13)11-24-17(23)20-18/h2-5,13,15H,6-11H2,1H3,(H,20,23)/t13?,15-,18?,19+/m0/s1. The second-order valence-electron chi connectivity index (χ2n) is 8.23. The molecular formula is C19H22N2O3. The molecule has 126 valence electrons. The molecule has 5 nitrogen and oxygen atoms in total. The number of nitrogens with zero attached hydrogens (tertiary/aromatic N) is 1. The van der Waals surface area contributed by atoms with Crippen LogP contribution in [-0.4, -0.2) is 42.1 Å². The van der Waals surface area contributed by atoms with Gasteiger partial charge in [0.25, 0.3) is 0 Å². The lowest BCUT2D eigenvalue weighted by molar-refractivity contribution is -0.140. The predicted octanol–water partition coefficient (Wildman–Crippen LogP) is 1.98. The van der Waals surface area contributed by atoms with Gasteiger partial charge in [-0.2, -0.15) is 0 Å². The summed E-state index contributed by atoms with van der Waals surface area (Å²) in [5.74, 6) is 0.924. The summed E-state index contributed by atoms with van der Waals surface area (Å²) in [6.07, 6.45) is 2.30. The van der Waals surface area contributed by atoms with E-state index in [0.717, 1.165) is 25.9 Å². The zero-order chi connectivity index (χ0) is 16.5. The van der Waals surface area contributed by atoms with E-state index < -0.39 is 0 Å². The molecule has 5 rings (SSSR count). The summed E-state index contributed by atoms with van der Waals surface area (Å²) in [5.41, 5.74) is 2.60. The minimum Gasteiger partial charge on any atom is -0.447 e. The first kappa shape index (κ1) is 14.3. The van der Waals surface area contributed by atoms with Crippen LogP contribution >= 0.6 is 0 Å². The van der Waals surface area contributed by atoms with Gasteiger partial charge in [0, 0.05) is 24.4 Å². The van der Waals surface area contributed by atoms with Crippen LogP contribution < -0.4 is 5.32 Å². The van der Waals surface area contributed by atoms with E-state index >= 15 is 0 Å². The van der Waals surface area contributed by atoms with Gasteiger partial charge in [0.05, 0.1) is 5.54 Å². The van der Waals surface area contributed by atoms with E-state index in [9.17, 15) is 9.59 Å². The molecule has 24 heavy (non-hydrogen) atoms. The van der Waals surface area contributed by atoms with Crippen LogP contribution in [0.15, 0.2) is 24.3 Å². The molecule has 1 N–H and O–H groups in total. The molecule has 2 saturated heterocycles. The van der Waals surface area contributed by atoms with E-state index in [1.54, 1.807) is 0 Å². The summed E-state index contributed by atoms with van der Waals surface area (Å²) in [6, 6.07) is 8.80. The van der Waals surface area contributed by atoms with Crippen LogP contribution in [0, 0.1) is 18.8 Å². The first-order valence-electron chi connectivity index (χ1n) is 8.81. The number of carbonyl (C=O) groups is 2. The van der Waals surface area contributed by atoms with E-state index in [2.05, 4.69) is 41.4 Å². The Morgan fingerprint density at radius 2 is 2.00 bits per heavy atom. The van der Waals surface area contributed by atoms with Crippen molar-refractivity contribution in [2.24, 2.45) is 11.8 Å². The van der Waals surface area contributed by atoms with Crippen LogP contribution in [0.5, 0.6) is 0 Å². The molecule has 2 aliphatic heterocycles. The Labute approximate surface area is 141 Å². The highest BCUT2D eigenvalue weighted by molar-refractivity contribution is 5.82. The molecule has 0 aromatic heterocycles. The molecule has 1 aromatic carbocycles.